The van der Waals surface area contributed by atoms with E-state index < -0.39 is 11.6 Å². The fourth-order valence-corrected chi connectivity index (χ4v) is 19.1. The maximum Gasteiger partial charge on any atom is 0.394 e. The molecule has 0 saturated carbocycles. The Morgan fingerprint density at radius 1 is 0.275 bits per heavy atom. The summed E-state index contributed by atoms with van der Waals surface area (Å²) in [6.07, 6.45) is 2.87. The molecule has 0 atom stereocenters. The summed E-state index contributed by atoms with van der Waals surface area (Å²) in [5.74, 6) is 0. The fourth-order valence-electron chi connectivity index (χ4n) is 19.1. The summed E-state index contributed by atoms with van der Waals surface area (Å²) in [6.45, 7) is 22.7. The molecule has 0 bridgehead atoms. The number of halogens is 3. The van der Waals surface area contributed by atoms with Crippen LogP contribution >= 0.6 is 0 Å². The summed E-state index contributed by atoms with van der Waals surface area (Å²) in [6, 6.07) is 108. The molecule has 3 aliphatic rings. The summed E-state index contributed by atoms with van der Waals surface area (Å²) < 4.78 is 48.0. The quantitative estimate of drug-likeness (QED) is 0.152. The average Bonchev–Trinajstić information content (AvgIpc) is 0.728. The molecule has 0 aliphatic heterocycles. The zero-order chi connectivity index (χ0) is 83.4. The number of benzene rings is 14. The number of alkyl halides is 3. The van der Waals surface area contributed by atoms with Crippen LogP contribution in [0.3, 0.4) is 0 Å². The van der Waals surface area contributed by atoms with E-state index in [0.29, 0.717) is 5.56 Å². The maximum absolute atomic E-state index is 13.8. The Labute approximate surface area is 704 Å². The lowest BCUT2D eigenvalue weighted by Crippen LogP contribution is -2.34. The normalized spacial score (nSPS) is 12.1. The first-order valence-electron chi connectivity index (χ1n) is 41.8. The Balaban J connectivity index is 0.000000125. The molecule has 4 nitrogen and oxygen atoms in total. The zero-order valence-electron chi connectivity index (χ0n) is 70.9. The molecule has 3 heterocycles. The molecular formula is C113H98F3N4+3. The second kappa shape index (κ2) is 30.6. The molecule has 14 aromatic carbocycles. The molecule has 0 spiro atoms. The minimum Gasteiger partial charge on any atom is -0.233 e. The lowest BCUT2D eigenvalue weighted by Gasteiger charge is -2.28. The second-order valence-electron chi connectivity index (χ2n) is 35.1. The van der Waals surface area contributed by atoms with Crippen molar-refractivity contribution in [3.8, 4) is 167 Å². The smallest absolute Gasteiger partial charge is 0.233 e. The predicted octanol–water partition coefficient (Wildman–Crippen LogP) is 28.8. The molecule has 0 radical (unpaired) electrons. The third-order valence-corrected chi connectivity index (χ3v) is 25.3. The van der Waals surface area contributed by atoms with Gasteiger partial charge in [-0.15, -0.1) is 0 Å². The van der Waals surface area contributed by atoms with Gasteiger partial charge in [0.05, 0.1) is 34.4 Å². The van der Waals surface area contributed by atoms with Crippen LogP contribution in [0.15, 0.2) is 316 Å². The van der Waals surface area contributed by atoms with Crippen LogP contribution < -0.4 is 13.7 Å². The zero-order valence-corrected chi connectivity index (χ0v) is 70.9. The highest BCUT2D eigenvalue weighted by Crippen LogP contribution is 2.56. The molecule has 17 aromatic rings. The fraction of sp³-hybridized carbons (Fsp3) is 0.168. The summed E-state index contributed by atoms with van der Waals surface area (Å²) in [7, 11) is 6.32. The first kappa shape index (κ1) is 78.0. The van der Waals surface area contributed by atoms with E-state index in [2.05, 4.69) is 381 Å². The van der Waals surface area contributed by atoms with Gasteiger partial charge in [0.15, 0.2) is 18.1 Å². The molecule has 3 aliphatic carbocycles. The highest BCUT2D eigenvalue weighted by molar-refractivity contribution is 6.13. The second-order valence-corrected chi connectivity index (χ2v) is 35.1. The van der Waals surface area contributed by atoms with Crippen molar-refractivity contribution in [2.24, 2.45) is 32.0 Å². The van der Waals surface area contributed by atoms with Crippen molar-refractivity contribution < 1.29 is 26.9 Å². The molecular weight excluding hydrogens is 1470 g/mol. The van der Waals surface area contributed by atoms with Gasteiger partial charge in [0.25, 0.3) is 6.33 Å². The highest BCUT2D eigenvalue weighted by atomic mass is 19.4. The van der Waals surface area contributed by atoms with Crippen LogP contribution in [0.4, 0.5) is 13.2 Å². The number of aromatic nitrogens is 4. The number of pyridine rings is 2. The van der Waals surface area contributed by atoms with E-state index in [9.17, 15) is 13.2 Å². The van der Waals surface area contributed by atoms with E-state index in [1.807, 2.05) is 36.8 Å². The number of rotatable bonds is 6. The molecule has 3 aromatic heterocycles. The van der Waals surface area contributed by atoms with Gasteiger partial charge in [0.2, 0.25) is 11.4 Å². The van der Waals surface area contributed by atoms with Gasteiger partial charge >= 0.3 is 6.18 Å². The van der Waals surface area contributed by atoms with Gasteiger partial charge in [0.1, 0.15) is 19.8 Å². The lowest BCUT2D eigenvalue weighted by atomic mass is 9.76. The van der Waals surface area contributed by atoms with Gasteiger partial charge in [-0.1, -0.05) is 300 Å². The minimum absolute atomic E-state index is 0.0781. The summed E-state index contributed by atoms with van der Waals surface area (Å²) in [5, 5.41) is 4.53. The molecule has 7 heteroatoms. The van der Waals surface area contributed by atoms with Crippen molar-refractivity contribution in [2.75, 3.05) is 0 Å². The van der Waals surface area contributed by atoms with Crippen molar-refractivity contribution >= 4 is 21.5 Å². The minimum atomic E-state index is -4.28. The summed E-state index contributed by atoms with van der Waals surface area (Å²) in [4.78, 5) is 4.46. The topological polar surface area (TPSA) is 24.5 Å². The number of hydrogen-bond acceptors (Lipinski definition) is 1. The van der Waals surface area contributed by atoms with Crippen molar-refractivity contribution in [1.82, 2.24) is 4.98 Å². The standard InChI is InChI=1S/C41H35F3N.C41H38N.C31H25N2/c1-25-22-36-34-16-9-8-14-32(34)30-12-6-7-13-31(30)33-15-10-11-17-35(33)38(36)37(26(25)2)39-29-19-18-27(23-28(29)20-21-45(39)5)24-40(3,4)41(42,43)44;1-26-23-37-35-17-10-9-15-33(35)31-13-7-8-14-32(31)34-16-11-12-18-36(34)39(37)38(27(26)2)40-30-20-19-28(25-41(3,4)5)24-29(30)21-22-42(40)6;1-20-16-29-26-14-8-6-12-24(26)22-10-4-5-11-23(22)25-13-7-9-15-27(25)30(29)18-28(20)31-17-21(2)32-19-33(31)3/h6-23H,24H2,1-5H3;7-24H,25H2,1-6H3;4-19H,1-3H3/q3*+1. The van der Waals surface area contributed by atoms with E-state index in [1.165, 1.54) is 208 Å². The number of nitrogens with zero attached hydrogens (tertiary/aromatic N) is 4. The van der Waals surface area contributed by atoms with Crippen LogP contribution in [0.5, 0.6) is 0 Å². The number of hydrogen-bond donors (Lipinski definition) is 0. The molecule has 120 heavy (non-hydrogen) atoms. The van der Waals surface area contributed by atoms with Crippen LogP contribution in [-0.2, 0) is 34.0 Å². The van der Waals surface area contributed by atoms with E-state index in [4.69, 9.17) is 0 Å². The summed E-state index contributed by atoms with van der Waals surface area (Å²) in [5.41, 5.74) is 44.9. The average molecular weight is 1570 g/mol. The number of fused-ring (bicyclic) bond motifs is 26. The van der Waals surface area contributed by atoms with Gasteiger partial charge in [-0.05, 0) is 243 Å². The Kier molecular flexibility index (Phi) is 19.9. The SMILES string of the molecule is Cc1cc(-c2cc3c(cc2C)-c2ccccc2-c2ccccc2-c2ccccc2-3)[n+](C)cn1.Cc1cc2c(c(-c3c4ccc(CC(C)(C)C(F)(F)F)cc4cc[n+]3C)c1C)-c1ccccc1-c1ccccc1-c1ccccc1-2.Cc1cc2c(c(-c3c4ccc(CC(C)(C)C)cc4cc[n+]3C)c1C)-c1ccccc1-c1ccccc1-c1ccccc1-2. The molecule has 0 saturated heterocycles. The van der Waals surface area contributed by atoms with Crippen LogP contribution in [0.1, 0.15) is 79.3 Å². The Morgan fingerprint density at radius 2 is 0.567 bits per heavy atom. The molecule has 20 rings (SSSR count). The van der Waals surface area contributed by atoms with E-state index in [-0.39, 0.29) is 11.8 Å². The van der Waals surface area contributed by atoms with Crippen LogP contribution in [-0.4, -0.2) is 11.2 Å². The van der Waals surface area contributed by atoms with Gasteiger partial charge in [-0.3, -0.25) is 0 Å². The van der Waals surface area contributed by atoms with Crippen LogP contribution in [0, 0.1) is 52.4 Å². The maximum atomic E-state index is 13.8. The monoisotopic (exact) mass is 1570 g/mol. The predicted molar refractivity (Wildman–Crippen MR) is 493 cm³/mol. The van der Waals surface area contributed by atoms with Gasteiger partial charge in [-0.2, -0.15) is 13.2 Å². The van der Waals surface area contributed by atoms with Crippen molar-refractivity contribution in [3.63, 3.8) is 0 Å². The summed E-state index contributed by atoms with van der Waals surface area (Å²) >= 11 is 0. The van der Waals surface area contributed by atoms with E-state index in [0.717, 1.165) is 39.7 Å². The van der Waals surface area contributed by atoms with Crippen molar-refractivity contribution in [2.45, 2.75) is 95.2 Å². The Bertz CT molecular complexity index is 7020. The molecule has 0 N–H and O–H groups in total. The Hall–Kier alpha value is -13.2. The first-order chi connectivity index (χ1) is 57.8. The molecule has 0 amide bonds. The van der Waals surface area contributed by atoms with E-state index >= 15 is 0 Å². The van der Waals surface area contributed by atoms with Crippen LogP contribution in [0.2, 0.25) is 0 Å². The molecule has 0 unspecified atom stereocenters. The lowest BCUT2D eigenvalue weighted by molar-refractivity contribution is -0.663. The first-order valence-corrected chi connectivity index (χ1v) is 41.8. The molecule has 0 fully saturated rings. The van der Waals surface area contributed by atoms with Crippen molar-refractivity contribution in [1.29, 1.82) is 0 Å². The van der Waals surface area contributed by atoms with E-state index in [1.54, 1.807) is 0 Å². The number of aryl methyl sites for hydroxylation is 7. The third kappa shape index (κ3) is 13.8. The van der Waals surface area contributed by atoms with Crippen LogP contribution in [0.25, 0.3) is 189 Å². The van der Waals surface area contributed by atoms with Gasteiger partial charge in [-0.25, -0.2) is 13.7 Å². The van der Waals surface area contributed by atoms with Gasteiger partial charge in [0, 0.05) is 41.8 Å². The Morgan fingerprint density at radius 3 is 0.900 bits per heavy atom. The molecule has 588 valence electrons. The highest BCUT2D eigenvalue weighted by Gasteiger charge is 2.47. The van der Waals surface area contributed by atoms with Gasteiger partial charge < -0.3 is 0 Å². The third-order valence-electron chi connectivity index (χ3n) is 25.3. The van der Waals surface area contributed by atoms with Crippen molar-refractivity contribution in [3.05, 3.63) is 361 Å². The largest absolute Gasteiger partial charge is 0.394 e.